The van der Waals surface area contributed by atoms with E-state index in [4.69, 9.17) is 16.6 Å². The zero-order chi connectivity index (χ0) is 38.4. The highest BCUT2D eigenvalue weighted by Crippen LogP contribution is 2.37. The molecule has 0 aliphatic carbocycles. The molecule has 4 amide bonds. The molecule has 1 N–H and O–H groups in total. The molecule has 3 aliphatic heterocycles. The number of benzene rings is 2. The van der Waals surface area contributed by atoms with Crippen molar-refractivity contribution < 1.29 is 19.2 Å². The van der Waals surface area contributed by atoms with Crippen molar-refractivity contribution in [3.05, 3.63) is 116 Å². The Balaban J connectivity index is 0.900. The highest BCUT2D eigenvalue weighted by atomic mass is 35.5. The van der Waals surface area contributed by atoms with Crippen LogP contribution in [0.4, 0.5) is 0 Å². The number of imidazole rings is 1. The van der Waals surface area contributed by atoms with E-state index in [1.165, 1.54) is 0 Å². The van der Waals surface area contributed by atoms with Gasteiger partial charge in [-0.1, -0.05) is 42.8 Å². The predicted octanol–water partition coefficient (Wildman–Crippen LogP) is 6.00. The van der Waals surface area contributed by atoms with E-state index >= 15 is 0 Å². The van der Waals surface area contributed by atoms with E-state index in [2.05, 4.69) is 55.3 Å². The predicted molar refractivity (Wildman–Crippen MR) is 208 cm³/mol. The molecule has 5 aromatic rings. The van der Waals surface area contributed by atoms with Gasteiger partial charge in [0.25, 0.3) is 11.8 Å². The van der Waals surface area contributed by atoms with Crippen molar-refractivity contribution in [1.29, 1.82) is 0 Å². The number of thiophene rings is 1. The van der Waals surface area contributed by atoms with Gasteiger partial charge < -0.3 is 4.57 Å². The highest BCUT2D eigenvalue weighted by molar-refractivity contribution is 7.15. The second-order valence-electron chi connectivity index (χ2n) is 14.2. The Morgan fingerprint density at radius 2 is 1.82 bits per heavy atom. The maximum Gasteiger partial charge on any atom is 0.262 e. The van der Waals surface area contributed by atoms with Crippen LogP contribution < -0.4 is 5.32 Å². The molecule has 0 bridgehead atoms. The van der Waals surface area contributed by atoms with Gasteiger partial charge >= 0.3 is 0 Å². The zero-order valence-corrected chi connectivity index (χ0v) is 32.1. The van der Waals surface area contributed by atoms with E-state index < -0.39 is 29.7 Å². The number of nitrogens with one attached hydrogen (secondary N) is 1. The average Bonchev–Trinajstić information content (AvgIpc) is 3.89. The quantitative estimate of drug-likeness (QED) is 0.143. The Labute approximate surface area is 326 Å². The lowest BCUT2D eigenvalue weighted by Crippen LogP contribution is -2.54. The maximum atomic E-state index is 13.5. The molecule has 8 rings (SSSR count). The number of nitrogens with zero attached hydrogens (tertiary/aromatic N) is 7. The Bertz CT molecular complexity index is 2480. The fraction of sp³-hybridized carbons (Fsp3) is 0.317. The van der Waals surface area contributed by atoms with Crippen LogP contribution in [0.3, 0.4) is 0 Å². The summed E-state index contributed by atoms with van der Waals surface area (Å²) in [5.74, 6) is 6.66. The second-order valence-corrected chi connectivity index (χ2v) is 15.7. The molecule has 3 aliphatic rings. The first-order chi connectivity index (χ1) is 26.6. The van der Waals surface area contributed by atoms with Crippen LogP contribution >= 0.6 is 22.9 Å². The summed E-state index contributed by atoms with van der Waals surface area (Å²) in [6.07, 6.45) is 7.38. The van der Waals surface area contributed by atoms with Crippen molar-refractivity contribution in [3.63, 3.8) is 0 Å². The van der Waals surface area contributed by atoms with Gasteiger partial charge in [0.15, 0.2) is 5.82 Å². The molecule has 55 heavy (non-hydrogen) atoms. The number of rotatable bonds is 9. The maximum absolute atomic E-state index is 13.5. The van der Waals surface area contributed by atoms with Crippen LogP contribution in [-0.2, 0) is 29.1 Å². The summed E-state index contributed by atoms with van der Waals surface area (Å²) in [6, 6.07) is 12.0. The van der Waals surface area contributed by atoms with Crippen molar-refractivity contribution >= 4 is 52.3 Å². The Kier molecular flexibility index (Phi) is 9.79. The van der Waals surface area contributed by atoms with Crippen LogP contribution in [-0.4, -0.2) is 64.6 Å². The van der Waals surface area contributed by atoms with E-state index in [0.29, 0.717) is 40.7 Å². The fourth-order valence-corrected chi connectivity index (χ4v) is 8.89. The molecule has 0 saturated carbocycles. The molecule has 6 heterocycles. The number of imide groups is 2. The van der Waals surface area contributed by atoms with Gasteiger partial charge in [-0.05, 0) is 93.0 Å². The second kappa shape index (κ2) is 14.8. The topological polar surface area (TPSA) is 144 Å². The van der Waals surface area contributed by atoms with Crippen molar-refractivity contribution in [2.45, 2.75) is 78.4 Å². The largest absolute Gasteiger partial charge is 0.336 e. The molecule has 2 aromatic carbocycles. The van der Waals surface area contributed by atoms with Crippen LogP contribution in [0.25, 0.3) is 5.00 Å². The molecule has 278 valence electrons. The first-order valence-electron chi connectivity index (χ1n) is 18.3. The molecule has 1 fully saturated rings. The van der Waals surface area contributed by atoms with E-state index in [1.807, 2.05) is 49.8 Å². The van der Waals surface area contributed by atoms with E-state index in [0.717, 1.165) is 80.2 Å². The van der Waals surface area contributed by atoms with Crippen molar-refractivity contribution in [2.24, 2.45) is 10.9 Å². The lowest BCUT2D eigenvalue weighted by molar-refractivity contribution is -0.136. The van der Waals surface area contributed by atoms with Crippen LogP contribution in [0.5, 0.6) is 0 Å². The zero-order valence-electron chi connectivity index (χ0n) is 30.6. The van der Waals surface area contributed by atoms with E-state index in [1.54, 1.807) is 23.5 Å². The Morgan fingerprint density at radius 1 is 1.00 bits per heavy atom. The van der Waals surface area contributed by atoms with Gasteiger partial charge in [0.2, 0.25) is 11.8 Å². The highest BCUT2D eigenvalue weighted by Gasteiger charge is 2.45. The first kappa shape index (κ1) is 36.3. The summed E-state index contributed by atoms with van der Waals surface area (Å²) in [5.41, 5.74) is 6.10. The van der Waals surface area contributed by atoms with E-state index in [9.17, 15) is 19.2 Å². The number of halogens is 1. The van der Waals surface area contributed by atoms with Gasteiger partial charge in [0.05, 0.1) is 28.0 Å². The number of aromatic nitrogens is 5. The summed E-state index contributed by atoms with van der Waals surface area (Å²) < 4.78 is 4.13. The summed E-state index contributed by atoms with van der Waals surface area (Å²) >= 11 is 7.80. The van der Waals surface area contributed by atoms with Gasteiger partial charge in [0, 0.05) is 35.3 Å². The molecule has 1 saturated heterocycles. The SMILES string of the molecule is Cc1c(C#Cc2cn(CCCC(C)CCc3cccc4c3C(=O)N(C3CCC(=O)NC3=O)C4=O)cn2)sc2c1C(c1ccc(Cl)cc1)=NCc1nnc(C)n1-2. The van der Waals surface area contributed by atoms with Gasteiger partial charge in [-0.2, -0.15) is 0 Å². The third-order valence-corrected chi connectivity index (χ3v) is 11.9. The van der Waals surface area contributed by atoms with Crippen molar-refractivity contribution in [1.82, 2.24) is 34.5 Å². The summed E-state index contributed by atoms with van der Waals surface area (Å²) in [4.78, 5) is 62.3. The first-order valence-corrected chi connectivity index (χ1v) is 19.5. The number of aliphatic imine (C=N–C) groups is 1. The lowest BCUT2D eigenvalue weighted by atomic mass is 9.93. The number of aryl methyl sites for hydroxylation is 3. The molecular weight excluding hydrogens is 736 g/mol. The van der Waals surface area contributed by atoms with Crippen LogP contribution in [0.15, 0.2) is 60.0 Å². The smallest absolute Gasteiger partial charge is 0.262 e. The minimum absolute atomic E-state index is 0.0911. The molecule has 12 nitrogen and oxygen atoms in total. The molecule has 14 heteroatoms. The third-order valence-electron chi connectivity index (χ3n) is 10.5. The van der Waals surface area contributed by atoms with Crippen LogP contribution in [0.1, 0.15) is 104 Å². The monoisotopic (exact) mass is 772 g/mol. The number of piperidine rings is 1. The summed E-state index contributed by atoms with van der Waals surface area (Å²) in [7, 11) is 0. The summed E-state index contributed by atoms with van der Waals surface area (Å²) in [6.45, 7) is 7.42. The third kappa shape index (κ3) is 6.92. The Morgan fingerprint density at radius 3 is 2.62 bits per heavy atom. The van der Waals surface area contributed by atoms with Crippen molar-refractivity contribution in [2.75, 3.05) is 0 Å². The fourth-order valence-electron chi connectivity index (χ4n) is 7.53. The number of fused-ring (bicyclic) bond motifs is 4. The molecular formula is C41H37ClN8O4S. The molecule has 2 unspecified atom stereocenters. The number of carbonyl (C=O) groups excluding carboxylic acids is 4. The minimum atomic E-state index is -0.973. The lowest BCUT2D eigenvalue weighted by Gasteiger charge is -2.27. The van der Waals surface area contributed by atoms with Gasteiger partial charge in [0.1, 0.15) is 29.1 Å². The van der Waals surface area contributed by atoms with Crippen LogP contribution in [0, 0.1) is 31.6 Å². The van der Waals surface area contributed by atoms with E-state index in [-0.39, 0.29) is 12.8 Å². The number of hydrogen-bond donors (Lipinski definition) is 1. The molecule has 0 spiro atoms. The normalized spacial score (nSPS) is 16.8. The number of carbonyl (C=O) groups is 4. The molecule has 2 atom stereocenters. The van der Waals surface area contributed by atoms with Gasteiger partial charge in [-0.3, -0.25) is 39.0 Å². The molecule has 3 aromatic heterocycles. The van der Waals surface area contributed by atoms with Gasteiger partial charge in [-0.15, -0.1) is 21.5 Å². The van der Waals surface area contributed by atoms with Crippen LogP contribution in [0.2, 0.25) is 5.02 Å². The Hall–Kier alpha value is -5.71. The standard InChI is InChI=1S/C41H37ClN8O4S/c1-23(9-10-26-7-4-8-30-36(26)40(54)50(39(30)53)31-16-18-34(51)45-38(31)52)6-5-19-48-21-29(44-22-48)15-17-32-24(2)35-37(27-11-13-28(42)14-12-27)43-20-33-47-46-25(3)49(33)41(35)55-32/h4,7-8,11-14,21-23,31H,5-6,9-10,16,18-20H2,1-3H3,(H,45,51,52). The van der Waals surface area contributed by atoms with Crippen molar-refractivity contribution in [3.8, 4) is 16.8 Å². The molecule has 0 radical (unpaired) electrons. The summed E-state index contributed by atoms with van der Waals surface area (Å²) in [5, 5.41) is 12.6. The number of amides is 4. The average molecular weight is 773 g/mol. The number of hydrogen-bond acceptors (Lipinski definition) is 9. The van der Waals surface area contributed by atoms with Gasteiger partial charge in [-0.25, -0.2) is 4.98 Å². The minimum Gasteiger partial charge on any atom is -0.336 e.